The molecule has 3 rings (SSSR count). The van der Waals surface area contributed by atoms with Crippen molar-refractivity contribution in [1.29, 1.82) is 0 Å². The van der Waals surface area contributed by atoms with E-state index >= 15 is 0 Å². The van der Waals surface area contributed by atoms with Gasteiger partial charge in [0, 0.05) is 45.2 Å². The molecule has 0 radical (unpaired) electrons. The Balaban J connectivity index is 0.00000225. The van der Waals surface area contributed by atoms with E-state index in [1.54, 1.807) is 14.2 Å². The zero-order valence-electron chi connectivity index (χ0n) is 18.4. The molecule has 172 valence electrons. The lowest BCUT2D eigenvalue weighted by atomic mass is 9.85. The number of amides is 1. The molecule has 1 aromatic rings. The van der Waals surface area contributed by atoms with E-state index in [4.69, 9.17) is 9.47 Å². The van der Waals surface area contributed by atoms with Crippen LogP contribution in [0, 0.1) is 11.8 Å². The van der Waals surface area contributed by atoms with Crippen molar-refractivity contribution in [3.8, 4) is 11.5 Å². The van der Waals surface area contributed by atoms with E-state index in [0.717, 1.165) is 57.3 Å². The summed E-state index contributed by atoms with van der Waals surface area (Å²) in [5.74, 6) is 3.05. The summed E-state index contributed by atoms with van der Waals surface area (Å²) in [6.07, 6.45) is 3.16. The van der Waals surface area contributed by atoms with Gasteiger partial charge in [0.25, 0.3) is 0 Å². The summed E-state index contributed by atoms with van der Waals surface area (Å²) in [4.78, 5) is 17.2. The highest BCUT2D eigenvalue weighted by Crippen LogP contribution is 2.25. The predicted molar refractivity (Wildman–Crippen MR) is 125 cm³/mol. The van der Waals surface area contributed by atoms with E-state index in [1.165, 1.54) is 18.4 Å². The van der Waals surface area contributed by atoms with Gasteiger partial charge >= 0.3 is 0 Å². The lowest BCUT2D eigenvalue weighted by Crippen LogP contribution is -2.48. The number of nitrogens with one attached hydrogen (secondary N) is 1. The maximum atomic E-state index is 12.7. The quantitative estimate of drug-likeness (QED) is 0.675. The number of nitrogens with zero attached hydrogens (tertiary/aromatic N) is 2. The smallest absolute Gasteiger partial charge is 0.222 e. The summed E-state index contributed by atoms with van der Waals surface area (Å²) < 4.78 is 10.7. The van der Waals surface area contributed by atoms with Gasteiger partial charge in [-0.05, 0) is 55.5 Å². The van der Waals surface area contributed by atoms with Gasteiger partial charge < -0.3 is 19.7 Å². The molecule has 0 bridgehead atoms. The highest BCUT2D eigenvalue weighted by Gasteiger charge is 2.26. The molecule has 0 aromatic heterocycles. The Morgan fingerprint density at radius 2 is 1.73 bits per heavy atom. The lowest BCUT2D eigenvalue weighted by Gasteiger charge is -2.36. The van der Waals surface area contributed by atoms with E-state index < -0.39 is 0 Å². The Labute approximate surface area is 193 Å². The molecule has 6 nitrogen and oxygen atoms in total. The molecule has 8 heteroatoms. The zero-order valence-corrected chi connectivity index (χ0v) is 20.0. The van der Waals surface area contributed by atoms with Gasteiger partial charge in [0.05, 0.1) is 14.2 Å². The van der Waals surface area contributed by atoms with Crippen molar-refractivity contribution in [3.63, 3.8) is 0 Å². The van der Waals surface area contributed by atoms with Crippen molar-refractivity contribution in [2.75, 3.05) is 53.5 Å². The van der Waals surface area contributed by atoms with Gasteiger partial charge in [-0.3, -0.25) is 9.69 Å². The Morgan fingerprint density at radius 3 is 2.27 bits per heavy atom. The predicted octanol–water partition coefficient (Wildman–Crippen LogP) is 3.22. The number of carbonyl (C=O) groups is 1. The molecule has 0 spiro atoms. The number of hydrogen-bond donors (Lipinski definition) is 1. The van der Waals surface area contributed by atoms with Crippen LogP contribution in [0.2, 0.25) is 0 Å². The molecule has 1 N–H and O–H groups in total. The molecule has 2 aliphatic heterocycles. The number of methoxy groups -OCH3 is 2. The standard InChI is InChI=1S/C22H35N3O3.2ClH/c1-17(19-5-4-6-23-15-19)11-22(26)25-9-7-24(8-10-25)16-18-12-20(27-2)14-21(13-18)28-3;;/h12-14,17,19,23H,4-11,15-16H2,1-3H3;2*1H. The van der Waals surface area contributed by atoms with E-state index in [2.05, 4.69) is 34.2 Å². The monoisotopic (exact) mass is 461 g/mol. The Morgan fingerprint density at radius 1 is 1.10 bits per heavy atom. The van der Waals surface area contributed by atoms with E-state index in [-0.39, 0.29) is 24.8 Å². The van der Waals surface area contributed by atoms with Crippen LogP contribution in [0.3, 0.4) is 0 Å². The molecule has 2 atom stereocenters. The van der Waals surface area contributed by atoms with Crippen molar-refractivity contribution >= 4 is 30.7 Å². The molecule has 2 fully saturated rings. The summed E-state index contributed by atoms with van der Waals surface area (Å²) in [6, 6.07) is 6.00. The Bertz CT molecular complexity index is 626. The highest BCUT2D eigenvalue weighted by molar-refractivity contribution is 5.85. The molecule has 2 saturated heterocycles. The number of hydrogen-bond acceptors (Lipinski definition) is 5. The number of carbonyl (C=O) groups excluding carboxylic acids is 1. The van der Waals surface area contributed by atoms with Gasteiger partial charge in [-0.25, -0.2) is 0 Å². The topological polar surface area (TPSA) is 54.0 Å². The number of ether oxygens (including phenoxy) is 2. The molecule has 0 aliphatic carbocycles. The van der Waals surface area contributed by atoms with Crippen molar-refractivity contribution in [2.24, 2.45) is 11.8 Å². The first-order valence-corrected chi connectivity index (χ1v) is 10.5. The molecular formula is C22H37Cl2N3O3. The molecule has 0 saturated carbocycles. The summed E-state index contributed by atoms with van der Waals surface area (Å²) in [6.45, 7) is 8.71. The summed E-state index contributed by atoms with van der Waals surface area (Å²) >= 11 is 0. The van der Waals surface area contributed by atoms with E-state index in [1.807, 2.05) is 6.07 Å². The van der Waals surface area contributed by atoms with E-state index in [9.17, 15) is 4.79 Å². The highest BCUT2D eigenvalue weighted by atomic mass is 35.5. The molecule has 1 aromatic carbocycles. The second kappa shape index (κ2) is 13.3. The number of halogens is 2. The summed E-state index contributed by atoms with van der Waals surface area (Å²) in [5.41, 5.74) is 1.18. The van der Waals surface area contributed by atoms with E-state index in [0.29, 0.717) is 24.2 Å². The molecule has 2 heterocycles. The number of benzene rings is 1. The van der Waals surface area contributed by atoms with Gasteiger partial charge in [0.1, 0.15) is 11.5 Å². The largest absolute Gasteiger partial charge is 0.497 e. The van der Waals surface area contributed by atoms with Gasteiger partial charge in [-0.2, -0.15) is 0 Å². The molecule has 2 unspecified atom stereocenters. The van der Waals surface area contributed by atoms with Crippen LogP contribution in [0.15, 0.2) is 18.2 Å². The fourth-order valence-electron chi connectivity index (χ4n) is 4.31. The van der Waals surface area contributed by atoms with Crippen molar-refractivity contribution in [1.82, 2.24) is 15.1 Å². The van der Waals surface area contributed by atoms with Gasteiger partial charge in [-0.15, -0.1) is 24.8 Å². The molecule has 30 heavy (non-hydrogen) atoms. The first-order chi connectivity index (χ1) is 13.6. The van der Waals surface area contributed by atoms with Crippen LogP contribution < -0.4 is 14.8 Å². The SMILES string of the molecule is COc1cc(CN2CCN(C(=O)CC(C)C3CCCNC3)CC2)cc(OC)c1.Cl.Cl. The lowest BCUT2D eigenvalue weighted by molar-refractivity contribution is -0.134. The van der Waals surface area contributed by atoms with Gasteiger partial charge in [0.2, 0.25) is 5.91 Å². The third-order valence-corrected chi connectivity index (χ3v) is 6.18. The van der Waals surface area contributed by atoms with Crippen molar-refractivity contribution in [3.05, 3.63) is 23.8 Å². The van der Waals surface area contributed by atoms with Crippen LogP contribution in [-0.2, 0) is 11.3 Å². The minimum Gasteiger partial charge on any atom is -0.497 e. The minimum atomic E-state index is 0. The summed E-state index contributed by atoms with van der Waals surface area (Å²) in [7, 11) is 3.35. The van der Waals surface area contributed by atoms with Gasteiger partial charge in [-0.1, -0.05) is 6.92 Å². The fourth-order valence-corrected chi connectivity index (χ4v) is 4.31. The first-order valence-electron chi connectivity index (χ1n) is 10.5. The molecular weight excluding hydrogens is 425 g/mol. The first kappa shape index (κ1) is 26.8. The average molecular weight is 462 g/mol. The zero-order chi connectivity index (χ0) is 19.9. The van der Waals surface area contributed by atoms with Crippen LogP contribution >= 0.6 is 24.8 Å². The third kappa shape index (κ3) is 7.49. The average Bonchev–Trinajstić information content (AvgIpc) is 2.74. The second-order valence-electron chi connectivity index (χ2n) is 8.17. The minimum absolute atomic E-state index is 0. The Kier molecular flexibility index (Phi) is 11.9. The number of piperidine rings is 1. The normalized spacial score (nSPS) is 20.5. The fraction of sp³-hybridized carbons (Fsp3) is 0.682. The van der Waals surface area contributed by atoms with Crippen LogP contribution in [0.1, 0.15) is 31.7 Å². The van der Waals surface area contributed by atoms with Crippen LogP contribution in [0.25, 0.3) is 0 Å². The van der Waals surface area contributed by atoms with Crippen LogP contribution in [0.4, 0.5) is 0 Å². The molecule has 1 amide bonds. The molecule has 2 aliphatic rings. The maximum absolute atomic E-state index is 12.7. The maximum Gasteiger partial charge on any atom is 0.222 e. The van der Waals surface area contributed by atoms with Crippen molar-refractivity contribution < 1.29 is 14.3 Å². The van der Waals surface area contributed by atoms with Crippen LogP contribution in [-0.4, -0.2) is 69.2 Å². The van der Waals surface area contributed by atoms with Crippen molar-refractivity contribution in [2.45, 2.75) is 32.7 Å². The summed E-state index contributed by atoms with van der Waals surface area (Å²) in [5, 5.41) is 3.46. The third-order valence-electron chi connectivity index (χ3n) is 6.18. The van der Waals surface area contributed by atoms with Crippen LogP contribution in [0.5, 0.6) is 11.5 Å². The van der Waals surface area contributed by atoms with Gasteiger partial charge in [0.15, 0.2) is 0 Å². The Hall–Kier alpha value is -1.21. The number of piperazine rings is 1. The number of rotatable bonds is 7. The second-order valence-corrected chi connectivity index (χ2v) is 8.17.